The lowest BCUT2D eigenvalue weighted by atomic mass is 10.0. The monoisotopic (exact) mass is 218 g/mol. The van der Waals surface area contributed by atoms with Gasteiger partial charge in [-0.2, -0.15) is 0 Å². The molecule has 1 heterocycles. The van der Waals surface area contributed by atoms with E-state index in [1.165, 1.54) is 19.3 Å². The molecule has 1 aliphatic rings. The lowest BCUT2D eigenvalue weighted by Gasteiger charge is -2.13. The van der Waals surface area contributed by atoms with Crippen LogP contribution in [-0.2, 0) is 0 Å². The molecule has 0 bridgehead atoms. The summed E-state index contributed by atoms with van der Waals surface area (Å²) in [6.07, 6.45) is 10.7. The van der Waals surface area contributed by atoms with E-state index in [-0.39, 0.29) is 0 Å². The number of hydrogen-bond donors (Lipinski definition) is 1. The lowest BCUT2D eigenvalue weighted by Crippen LogP contribution is -2.05. The Bertz CT molecular complexity index is 370. The summed E-state index contributed by atoms with van der Waals surface area (Å²) < 4.78 is 0. The van der Waals surface area contributed by atoms with Crippen molar-refractivity contribution in [2.24, 2.45) is 0 Å². The number of aromatic nitrogens is 2. The molecule has 0 aromatic carbocycles. The highest BCUT2D eigenvalue weighted by molar-refractivity contribution is 5.19. The normalized spacial score (nSPS) is 18.8. The minimum Gasteiger partial charge on any atom is -0.382 e. The molecule has 0 amide bonds. The van der Waals surface area contributed by atoms with Crippen LogP contribution in [0.25, 0.3) is 0 Å². The molecule has 0 radical (unpaired) electrons. The third kappa shape index (κ3) is 2.67. The van der Waals surface area contributed by atoms with Crippen molar-refractivity contribution in [3.8, 4) is 0 Å². The Morgan fingerprint density at radius 2 is 2.06 bits per heavy atom. The van der Waals surface area contributed by atoms with Crippen molar-refractivity contribution in [2.75, 3.05) is 0 Å². The van der Waals surface area contributed by atoms with E-state index >= 15 is 0 Å². The molecular formula is C13H18N2O. The van der Waals surface area contributed by atoms with Crippen LogP contribution in [0, 0.1) is 6.92 Å². The molecule has 0 aliphatic heterocycles. The fourth-order valence-electron chi connectivity index (χ4n) is 2.02. The SMILES string of the molecule is Cc1cnc(C(O)C2=CCCCCC2)cn1. The molecule has 1 unspecified atom stereocenters. The van der Waals surface area contributed by atoms with E-state index in [2.05, 4.69) is 16.0 Å². The minimum atomic E-state index is -0.564. The summed E-state index contributed by atoms with van der Waals surface area (Å²) in [7, 11) is 0. The van der Waals surface area contributed by atoms with Gasteiger partial charge < -0.3 is 5.11 Å². The zero-order chi connectivity index (χ0) is 11.4. The first-order valence-electron chi connectivity index (χ1n) is 5.93. The summed E-state index contributed by atoms with van der Waals surface area (Å²) in [5, 5.41) is 10.2. The molecule has 1 atom stereocenters. The number of allylic oxidation sites excluding steroid dienone is 1. The molecule has 1 aromatic rings. The highest BCUT2D eigenvalue weighted by Crippen LogP contribution is 2.27. The largest absolute Gasteiger partial charge is 0.382 e. The standard InChI is InChI=1S/C13H18N2O/c1-10-8-15-12(9-14-10)13(16)11-6-4-2-3-5-7-11/h6,8-9,13,16H,2-5,7H2,1H3. The number of aryl methyl sites for hydroxylation is 1. The van der Waals surface area contributed by atoms with Crippen LogP contribution in [0.15, 0.2) is 24.0 Å². The van der Waals surface area contributed by atoms with Crippen molar-refractivity contribution in [1.82, 2.24) is 9.97 Å². The van der Waals surface area contributed by atoms with Crippen molar-refractivity contribution in [1.29, 1.82) is 0 Å². The van der Waals surface area contributed by atoms with Crippen LogP contribution >= 0.6 is 0 Å². The number of aliphatic hydroxyl groups is 1. The van der Waals surface area contributed by atoms with E-state index in [0.29, 0.717) is 5.69 Å². The second-order valence-electron chi connectivity index (χ2n) is 4.36. The third-order valence-corrected chi connectivity index (χ3v) is 3.01. The number of rotatable bonds is 2. The number of hydrogen-bond acceptors (Lipinski definition) is 3. The molecule has 86 valence electrons. The van der Waals surface area contributed by atoms with Crippen LogP contribution in [0.3, 0.4) is 0 Å². The van der Waals surface area contributed by atoms with Crippen LogP contribution in [0.2, 0.25) is 0 Å². The van der Waals surface area contributed by atoms with Crippen LogP contribution in [0.4, 0.5) is 0 Å². The van der Waals surface area contributed by atoms with Crippen LogP contribution in [0.1, 0.15) is 49.6 Å². The van der Waals surface area contributed by atoms with E-state index in [9.17, 15) is 5.11 Å². The number of aliphatic hydroxyl groups excluding tert-OH is 1. The van der Waals surface area contributed by atoms with Gasteiger partial charge in [-0.15, -0.1) is 0 Å². The van der Waals surface area contributed by atoms with Crippen molar-refractivity contribution in [3.05, 3.63) is 35.4 Å². The molecule has 2 rings (SSSR count). The average molecular weight is 218 g/mol. The maximum Gasteiger partial charge on any atom is 0.119 e. The molecule has 0 fully saturated rings. The number of nitrogens with zero attached hydrogens (tertiary/aromatic N) is 2. The Balaban J connectivity index is 2.14. The minimum absolute atomic E-state index is 0.564. The van der Waals surface area contributed by atoms with Gasteiger partial charge in [-0.1, -0.05) is 12.5 Å². The average Bonchev–Trinajstić information content (AvgIpc) is 2.57. The van der Waals surface area contributed by atoms with E-state index < -0.39 is 6.10 Å². The van der Waals surface area contributed by atoms with Gasteiger partial charge in [-0.05, 0) is 38.2 Å². The van der Waals surface area contributed by atoms with Crippen molar-refractivity contribution in [2.45, 2.75) is 45.1 Å². The first kappa shape index (κ1) is 11.3. The molecule has 1 aliphatic carbocycles. The first-order chi connectivity index (χ1) is 7.77. The Labute approximate surface area is 96.3 Å². The van der Waals surface area contributed by atoms with Gasteiger partial charge in [-0.25, -0.2) is 0 Å². The lowest BCUT2D eigenvalue weighted by molar-refractivity contribution is 0.205. The fourth-order valence-corrected chi connectivity index (χ4v) is 2.02. The van der Waals surface area contributed by atoms with E-state index in [4.69, 9.17) is 0 Å². The highest BCUT2D eigenvalue weighted by atomic mass is 16.3. The molecule has 16 heavy (non-hydrogen) atoms. The fraction of sp³-hybridized carbons (Fsp3) is 0.538. The summed E-state index contributed by atoms with van der Waals surface area (Å²) in [6.45, 7) is 1.90. The first-order valence-corrected chi connectivity index (χ1v) is 5.93. The maximum atomic E-state index is 10.2. The maximum absolute atomic E-state index is 10.2. The van der Waals surface area contributed by atoms with Gasteiger partial charge in [-0.3, -0.25) is 9.97 Å². The summed E-state index contributed by atoms with van der Waals surface area (Å²) in [5.74, 6) is 0. The van der Waals surface area contributed by atoms with Gasteiger partial charge in [0.1, 0.15) is 6.10 Å². The Kier molecular flexibility index (Phi) is 3.67. The van der Waals surface area contributed by atoms with E-state index in [0.717, 1.165) is 24.1 Å². The second kappa shape index (κ2) is 5.21. The Morgan fingerprint density at radius 3 is 2.81 bits per heavy atom. The zero-order valence-corrected chi connectivity index (χ0v) is 9.69. The zero-order valence-electron chi connectivity index (χ0n) is 9.69. The quantitative estimate of drug-likeness (QED) is 0.776. The van der Waals surface area contributed by atoms with Gasteiger partial charge in [0.25, 0.3) is 0 Å². The predicted molar refractivity (Wildman–Crippen MR) is 62.9 cm³/mol. The Hall–Kier alpha value is -1.22. The van der Waals surface area contributed by atoms with Crippen molar-refractivity contribution in [3.63, 3.8) is 0 Å². The van der Waals surface area contributed by atoms with Gasteiger partial charge in [0.15, 0.2) is 0 Å². The predicted octanol–water partition coefficient (Wildman–Crippen LogP) is 2.71. The van der Waals surface area contributed by atoms with Crippen LogP contribution in [-0.4, -0.2) is 15.1 Å². The molecule has 3 nitrogen and oxygen atoms in total. The summed E-state index contributed by atoms with van der Waals surface area (Å²) in [5.41, 5.74) is 2.65. The van der Waals surface area contributed by atoms with Gasteiger partial charge >= 0.3 is 0 Å². The van der Waals surface area contributed by atoms with Crippen LogP contribution in [0.5, 0.6) is 0 Å². The van der Waals surface area contributed by atoms with Crippen molar-refractivity contribution < 1.29 is 5.11 Å². The molecule has 1 aromatic heterocycles. The van der Waals surface area contributed by atoms with Crippen LogP contribution < -0.4 is 0 Å². The molecular weight excluding hydrogens is 200 g/mol. The Morgan fingerprint density at radius 1 is 1.19 bits per heavy atom. The van der Waals surface area contributed by atoms with E-state index in [1.54, 1.807) is 12.4 Å². The van der Waals surface area contributed by atoms with E-state index in [1.807, 2.05) is 6.92 Å². The smallest absolute Gasteiger partial charge is 0.119 e. The summed E-state index contributed by atoms with van der Waals surface area (Å²) >= 11 is 0. The molecule has 1 N–H and O–H groups in total. The third-order valence-electron chi connectivity index (χ3n) is 3.01. The van der Waals surface area contributed by atoms with Crippen molar-refractivity contribution >= 4 is 0 Å². The summed E-state index contributed by atoms with van der Waals surface area (Å²) in [4.78, 5) is 8.40. The van der Waals surface area contributed by atoms with Gasteiger partial charge in [0.2, 0.25) is 0 Å². The molecule has 3 heteroatoms. The molecule has 0 saturated carbocycles. The molecule has 0 spiro atoms. The van der Waals surface area contributed by atoms with Gasteiger partial charge in [0.05, 0.1) is 17.6 Å². The van der Waals surface area contributed by atoms with Gasteiger partial charge in [0, 0.05) is 6.20 Å². The topological polar surface area (TPSA) is 46.0 Å². The molecule has 0 saturated heterocycles. The highest BCUT2D eigenvalue weighted by Gasteiger charge is 2.15. The second-order valence-corrected chi connectivity index (χ2v) is 4.36. The summed E-state index contributed by atoms with van der Waals surface area (Å²) in [6, 6.07) is 0.